The minimum atomic E-state index is 0.689. The Morgan fingerprint density at radius 1 is 1.29 bits per heavy atom. The molecule has 0 aliphatic rings. The number of rotatable bonds is 1. The van der Waals surface area contributed by atoms with Crippen molar-refractivity contribution in [3.05, 3.63) is 40.2 Å². The molecule has 0 spiro atoms. The van der Waals surface area contributed by atoms with E-state index in [1.54, 1.807) is 0 Å². The standard InChI is InChI=1S/C11H8N2S/c1-8-13-11(10(7-12)14-8)9-5-3-2-4-6-9/h2-6H,1H3. The van der Waals surface area contributed by atoms with Gasteiger partial charge in [-0.3, -0.25) is 0 Å². The van der Waals surface area contributed by atoms with Crippen LogP contribution in [0.25, 0.3) is 11.3 Å². The summed E-state index contributed by atoms with van der Waals surface area (Å²) < 4.78 is 0. The lowest BCUT2D eigenvalue weighted by molar-refractivity contribution is 1.29. The van der Waals surface area contributed by atoms with Gasteiger partial charge in [0.15, 0.2) is 0 Å². The monoisotopic (exact) mass is 200 g/mol. The Kier molecular flexibility index (Phi) is 2.30. The lowest BCUT2D eigenvalue weighted by atomic mass is 10.1. The molecule has 3 heteroatoms. The van der Waals surface area contributed by atoms with Gasteiger partial charge in [-0.25, -0.2) is 4.98 Å². The van der Waals surface area contributed by atoms with E-state index in [2.05, 4.69) is 11.1 Å². The van der Waals surface area contributed by atoms with Crippen LogP contribution in [0.4, 0.5) is 0 Å². The fraction of sp³-hybridized carbons (Fsp3) is 0.0909. The minimum Gasteiger partial charge on any atom is -0.240 e. The van der Waals surface area contributed by atoms with Gasteiger partial charge in [0, 0.05) is 5.56 Å². The molecule has 2 rings (SSSR count). The Labute approximate surface area is 86.5 Å². The van der Waals surface area contributed by atoms with E-state index >= 15 is 0 Å². The van der Waals surface area contributed by atoms with Gasteiger partial charge in [-0.05, 0) is 6.92 Å². The second-order valence-corrected chi connectivity index (χ2v) is 4.09. The van der Waals surface area contributed by atoms with Crippen LogP contribution in [0.2, 0.25) is 0 Å². The predicted octanol–water partition coefficient (Wildman–Crippen LogP) is 2.99. The Morgan fingerprint density at radius 2 is 2.00 bits per heavy atom. The zero-order chi connectivity index (χ0) is 9.97. The Balaban J connectivity index is 2.58. The molecule has 14 heavy (non-hydrogen) atoms. The highest BCUT2D eigenvalue weighted by molar-refractivity contribution is 7.12. The number of hydrogen-bond acceptors (Lipinski definition) is 3. The number of aryl methyl sites for hydroxylation is 1. The van der Waals surface area contributed by atoms with Crippen LogP contribution in [0.1, 0.15) is 9.88 Å². The number of thiazole rings is 1. The predicted molar refractivity (Wildman–Crippen MR) is 57.0 cm³/mol. The maximum atomic E-state index is 8.91. The highest BCUT2D eigenvalue weighted by Crippen LogP contribution is 2.26. The summed E-state index contributed by atoms with van der Waals surface area (Å²) in [5.74, 6) is 0. The average Bonchev–Trinajstić information content (AvgIpc) is 2.61. The normalized spacial score (nSPS) is 9.71. The first-order valence-corrected chi connectivity index (χ1v) is 5.06. The summed E-state index contributed by atoms with van der Waals surface area (Å²) in [6, 6.07) is 12.0. The molecule has 2 aromatic rings. The van der Waals surface area contributed by atoms with E-state index in [9.17, 15) is 0 Å². The van der Waals surface area contributed by atoms with E-state index in [-0.39, 0.29) is 0 Å². The lowest BCUT2D eigenvalue weighted by Gasteiger charge is -1.94. The van der Waals surface area contributed by atoms with Crippen molar-refractivity contribution in [1.82, 2.24) is 4.98 Å². The molecule has 0 bridgehead atoms. The number of hydrogen-bond donors (Lipinski definition) is 0. The third-order valence-electron chi connectivity index (χ3n) is 1.88. The largest absolute Gasteiger partial charge is 0.240 e. The smallest absolute Gasteiger partial charge is 0.132 e. The van der Waals surface area contributed by atoms with Gasteiger partial charge in [-0.15, -0.1) is 11.3 Å². The molecule has 0 aliphatic heterocycles. The van der Waals surface area contributed by atoms with Crippen molar-refractivity contribution >= 4 is 11.3 Å². The Bertz CT molecular complexity index is 480. The van der Waals surface area contributed by atoms with Crippen LogP contribution in [0.15, 0.2) is 30.3 Å². The molecule has 0 fully saturated rings. The topological polar surface area (TPSA) is 36.7 Å². The zero-order valence-corrected chi connectivity index (χ0v) is 8.51. The summed E-state index contributed by atoms with van der Waals surface area (Å²) in [7, 11) is 0. The van der Waals surface area contributed by atoms with E-state index in [1.807, 2.05) is 37.3 Å². The number of aromatic nitrogens is 1. The van der Waals surface area contributed by atoms with E-state index in [0.29, 0.717) is 4.88 Å². The number of benzene rings is 1. The first-order chi connectivity index (χ1) is 6.81. The van der Waals surface area contributed by atoms with Gasteiger partial charge in [-0.1, -0.05) is 30.3 Å². The molecular weight excluding hydrogens is 192 g/mol. The Hall–Kier alpha value is -1.66. The summed E-state index contributed by atoms with van der Waals surface area (Å²) in [6.45, 7) is 1.91. The molecule has 0 amide bonds. The van der Waals surface area contributed by atoms with Crippen molar-refractivity contribution in [3.63, 3.8) is 0 Å². The van der Waals surface area contributed by atoms with Crippen molar-refractivity contribution in [2.24, 2.45) is 0 Å². The van der Waals surface area contributed by atoms with Gasteiger partial charge in [0.2, 0.25) is 0 Å². The summed E-state index contributed by atoms with van der Waals surface area (Å²) in [4.78, 5) is 5.04. The molecule has 1 aromatic carbocycles. The maximum absolute atomic E-state index is 8.91. The quantitative estimate of drug-likeness (QED) is 0.709. The fourth-order valence-corrected chi connectivity index (χ4v) is 2.03. The SMILES string of the molecule is Cc1nc(-c2ccccc2)c(C#N)s1. The molecule has 0 atom stereocenters. The molecule has 0 aliphatic carbocycles. The van der Waals surface area contributed by atoms with Crippen molar-refractivity contribution in [2.45, 2.75) is 6.92 Å². The van der Waals surface area contributed by atoms with Crippen molar-refractivity contribution in [3.8, 4) is 17.3 Å². The van der Waals surface area contributed by atoms with Gasteiger partial charge in [-0.2, -0.15) is 5.26 Å². The third kappa shape index (κ3) is 1.52. The van der Waals surface area contributed by atoms with E-state index in [0.717, 1.165) is 16.3 Å². The first-order valence-electron chi connectivity index (χ1n) is 4.24. The molecular formula is C11H8N2S. The lowest BCUT2D eigenvalue weighted by Crippen LogP contribution is -1.80. The number of nitrogens with zero attached hydrogens (tertiary/aromatic N) is 2. The molecule has 2 nitrogen and oxygen atoms in total. The molecule has 1 heterocycles. The highest BCUT2D eigenvalue weighted by atomic mass is 32.1. The summed E-state index contributed by atoms with van der Waals surface area (Å²) >= 11 is 1.44. The van der Waals surface area contributed by atoms with Crippen LogP contribution in [-0.2, 0) is 0 Å². The van der Waals surface area contributed by atoms with Gasteiger partial charge in [0.1, 0.15) is 10.9 Å². The molecule has 0 unspecified atom stereocenters. The van der Waals surface area contributed by atoms with Gasteiger partial charge in [0.05, 0.1) is 10.7 Å². The van der Waals surface area contributed by atoms with Crippen molar-refractivity contribution < 1.29 is 0 Å². The second kappa shape index (κ2) is 3.60. The zero-order valence-electron chi connectivity index (χ0n) is 7.69. The van der Waals surface area contributed by atoms with Crippen LogP contribution in [0, 0.1) is 18.3 Å². The Morgan fingerprint density at radius 3 is 2.64 bits per heavy atom. The highest BCUT2D eigenvalue weighted by Gasteiger charge is 2.09. The fourth-order valence-electron chi connectivity index (χ4n) is 1.29. The van der Waals surface area contributed by atoms with E-state index in [1.165, 1.54) is 11.3 Å². The molecule has 0 N–H and O–H groups in total. The second-order valence-electron chi connectivity index (χ2n) is 2.89. The molecule has 1 aromatic heterocycles. The first kappa shape index (κ1) is 8.92. The van der Waals surface area contributed by atoms with Crippen molar-refractivity contribution in [2.75, 3.05) is 0 Å². The van der Waals surface area contributed by atoms with Crippen LogP contribution < -0.4 is 0 Å². The van der Waals surface area contributed by atoms with Crippen LogP contribution >= 0.6 is 11.3 Å². The molecule has 0 saturated carbocycles. The van der Waals surface area contributed by atoms with Gasteiger partial charge in [0.25, 0.3) is 0 Å². The number of nitriles is 1. The van der Waals surface area contributed by atoms with Gasteiger partial charge < -0.3 is 0 Å². The van der Waals surface area contributed by atoms with Crippen LogP contribution in [0.5, 0.6) is 0 Å². The third-order valence-corrected chi connectivity index (χ3v) is 2.76. The van der Waals surface area contributed by atoms with E-state index < -0.39 is 0 Å². The summed E-state index contributed by atoms with van der Waals surface area (Å²) in [6.07, 6.45) is 0. The van der Waals surface area contributed by atoms with Crippen LogP contribution in [-0.4, -0.2) is 4.98 Å². The maximum Gasteiger partial charge on any atom is 0.132 e. The van der Waals surface area contributed by atoms with Crippen LogP contribution in [0.3, 0.4) is 0 Å². The summed E-state index contributed by atoms with van der Waals surface area (Å²) in [5, 5.41) is 9.84. The minimum absolute atomic E-state index is 0.689. The molecule has 0 radical (unpaired) electrons. The average molecular weight is 200 g/mol. The van der Waals surface area contributed by atoms with E-state index in [4.69, 9.17) is 5.26 Å². The summed E-state index contributed by atoms with van der Waals surface area (Å²) in [5.41, 5.74) is 1.81. The molecule has 0 saturated heterocycles. The van der Waals surface area contributed by atoms with Gasteiger partial charge >= 0.3 is 0 Å². The molecule has 68 valence electrons. The van der Waals surface area contributed by atoms with Crippen molar-refractivity contribution in [1.29, 1.82) is 5.26 Å².